The van der Waals surface area contributed by atoms with Crippen molar-refractivity contribution in [2.24, 2.45) is 0 Å². The first-order valence-electron chi connectivity index (χ1n) is 7.75. The minimum atomic E-state index is -0.129. The zero-order chi connectivity index (χ0) is 17.4. The molecule has 5 nitrogen and oxygen atoms in total. The molecule has 0 atom stereocenters. The molecule has 0 aliphatic rings. The molecule has 0 aliphatic heterocycles. The number of hydrogen-bond donors (Lipinski definition) is 1. The molecule has 0 aliphatic carbocycles. The average Bonchev–Trinajstić information content (AvgIpc) is 3.05. The van der Waals surface area contributed by atoms with Crippen LogP contribution in [0.2, 0.25) is 0 Å². The van der Waals surface area contributed by atoms with Crippen LogP contribution in [-0.2, 0) is 0 Å². The van der Waals surface area contributed by atoms with E-state index in [2.05, 4.69) is 15.4 Å². The molecule has 6 heteroatoms. The molecule has 0 bridgehead atoms. The van der Waals surface area contributed by atoms with Gasteiger partial charge in [0.25, 0.3) is 5.91 Å². The van der Waals surface area contributed by atoms with E-state index in [1.54, 1.807) is 4.68 Å². The topological polar surface area (TPSA) is 59.8 Å². The SMILES string of the molecule is Cc1cc(C)n(-c2nc(C)c(C(=O)Nc3c(C)cccc3C)s2)n1. The van der Waals surface area contributed by atoms with Gasteiger partial charge in [-0.05, 0) is 51.8 Å². The van der Waals surface area contributed by atoms with Gasteiger partial charge in [0.1, 0.15) is 4.88 Å². The number of aromatic nitrogens is 3. The van der Waals surface area contributed by atoms with Crippen molar-refractivity contribution < 1.29 is 4.79 Å². The monoisotopic (exact) mass is 340 g/mol. The number of carbonyl (C=O) groups excluding carboxylic acids is 1. The van der Waals surface area contributed by atoms with Crippen LogP contribution in [0.15, 0.2) is 24.3 Å². The molecule has 0 unspecified atom stereocenters. The summed E-state index contributed by atoms with van der Waals surface area (Å²) >= 11 is 1.36. The zero-order valence-corrected chi connectivity index (χ0v) is 15.3. The molecule has 1 aromatic carbocycles. The van der Waals surface area contributed by atoms with Crippen molar-refractivity contribution in [2.75, 3.05) is 5.32 Å². The fraction of sp³-hybridized carbons (Fsp3) is 0.278. The molecule has 24 heavy (non-hydrogen) atoms. The van der Waals surface area contributed by atoms with Gasteiger partial charge in [-0.25, -0.2) is 9.67 Å². The summed E-state index contributed by atoms with van der Waals surface area (Å²) in [6.45, 7) is 9.75. The lowest BCUT2D eigenvalue weighted by Crippen LogP contribution is -2.13. The second-order valence-electron chi connectivity index (χ2n) is 5.97. The molecular weight excluding hydrogens is 320 g/mol. The fourth-order valence-electron chi connectivity index (χ4n) is 2.69. The predicted molar refractivity (Wildman–Crippen MR) is 97.3 cm³/mol. The highest BCUT2D eigenvalue weighted by Crippen LogP contribution is 2.26. The van der Waals surface area contributed by atoms with Gasteiger partial charge in [-0.15, -0.1) is 0 Å². The predicted octanol–water partition coefficient (Wildman–Crippen LogP) is 4.12. The molecule has 1 amide bonds. The number of hydrogen-bond acceptors (Lipinski definition) is 4. The maximum absolute atomic E-state index is 12.7. The van der Waals surface area contributed by atoms with Crippen molar-refractivity contribution in [3.05, 3.63) is 57.4 Å². The zero-order valence-electron chi connectivity index (χ0n) is 14.5. The first-order chi connectivity index (χ1) is 11.4. The Kier molecular flexibility index (Phi) is 4.24. The summed E-state index contributed by atoms with van der Waals surface area (Å²) in [5.74, 6) is -0.129. The minimum Gasteiger partial charge on any atom is -0.321 e. The van der Waals surface area contributed by atoms with Gasteiger partial charge >= 0.3 is 0 Å². The van der Waals surface area contributed by atoms with Gasteiger partial charge in [0.2, 0.25) is 5.13 Å². The Bertz CT molecular complexity index is 903. The van der Waals surface area contributed by atoms with Crippen molar-refractivity contribution in [3.63, 3.8) is 0 Å². The van der Waals surface area contributed by atoms with Crippen LogP contribution in [0.25, 0.3) is 5.13 Å². The molecule has 0 spiro atoms. The van der Waals surface area contributed by atoms with Gasteiger partial charge in [0.05, 0.1) is 11.4 Å². The van der Waals surface area contributed by atoms with Gasteiger partial charge in [0.15, 0.2) is 0 Å². The quantitative estimate of drug-likeness (QED) is 0.780. The van der Waals surface area contributed by atoms with Gasteiger partial charge in [-0.1, -0.05) is 29.5 Å². The van der Waals surface area contributed by atoms with E-state index < -0.39 is 0 Å². The number of para-hydroxylation sites is 1. The molecular formula is C18H20N4OS. The first-order valence-corrected chi connectivity index (χ1v) is 8.57. The molecule has 3 aromatic rings. The Labute approximate surface area is 145 Å². The molecule has 2 aromatic heterocycles. The number of amides is 1. The third kappa shape index (κ3) is 2.97. The minimum absolute atomic E-state index is 0.129. The van der Waals surface area contributed by atoms with Crippen molar-refractivity contribution in [1.29, 1.82) is 0 Å². The lowest BCUT2D eigenvalue weighted by molar-refractivity contribution is 0.102. The Morgan fingerprint density at radius 1 is 1.12 bits per heavy atom. The molecule has 2 heterocycles. The first kappa shape index (κ1) is 16.4. The Balaban J connectivity index is 1.93. The molecule has 1 N–H and O–H groups in total. The highest BCUT2D eigenvalue weighted by molar-refractivity contribution is 7.16. The van der Waals surface area contributed by atoms with E-state index in [1.165, 1.54) is 11.3 Å². The standard InChI is InChI=1S/C18H20N4OS/c1-10-7-6-8-11(2)15(10)20-17(23)16-14(5)19-18(24-16)22-13(4)9-12(3)21-22/h6-9H,1-5H3,(H,20,23). The molecule has 0 saturated heterocycles. The number of thiazole rings is 1. The lowest BCUT2D eigenvalue weighted by atomic mass is 10.1. The van der Waals surface area contributed by atoms with Crippen LogP contribution in [0.1, 0.15) is 37.9 Å². The molecule has 0 fully saturated rings. The third-order valence-corrected chi connectivity index (χ3v) is 5.03. The second-order valence-corrected chi connectivity index (χ2v) is 6.95. The molecule has 0 radical (unpaired) electrons. The smallest absolute Gasteiger partial charge is 0.267 e. The summed E-state index contributed by atoms with van der Waals surface area (Å²) < 4.78 is 1.78. The van der Waals surface area contributed by atoms with Crippen LogP contribution in [0.3, 0.4) is 0 Å². The summed E-state index contributed by atoms with van der Waals surface area (Å²) in [5.41, 5.74) is 5.60. The third-order valence-electron chi connectivity index (χ3n) is 3.90. The van der Waals surface area contributed by atoms with Crippen LogP contribution >= 0.6 is 11.3 Å². The van der Waals surface area contributed by atoms with E-state index in [9.17, 15) is 4.79 Å². The van der Waals surface area contributed by atoms with E-state index in [4.69, 9.17) is 0 Å². The molecule has 0 saturated carbocycles. The summed E-state index contributed by atoms with van der Waals surface area (Å²) in [5, 5.41) is 8.17. The number of aryl methyl sites for hydroxylation is 5. The van der Waals surface area contributed by atoms with Crippen LogP contribution < -0.4 is 5.32 Å². The van der Waals surface area contributed by atoms with Crippen LogP contribution in [0, 0.1) is 34.6 Å². The fourth-order valence-corrected chi connectivity index (χ4v) is 3.66. The lowest BCUT2D eigenvalue weighted by Gasteiger charge is -2.10. The maximum Gasteiger partial charge on any atom is 0.267 e. The van der Waals surface area contributed by atoms with Crippen LogP contribution in [-0.4, -0.2) is 20.7 Å². The Morgan fingerprint density at radius 3 is 2.38 bits per heavy atom. The number of anilines is 1. The van der Waals surface area contributed by atoms with E-state index in [1.807, 2.05) is 58.9 Å². The number of carbonyl (C=O) groups is 1. The summed E-state index contributed by atoms with van der Waals surface area (Å²) in [6.07, 6.45) is 0. The Morgan fingerprint density at radius 2 is 1.79 bits per heavy atom. The van der Waals surface area contributed by atoms with Gasteiger partial charge in [-0.3, -0.25) is 4.79 Å². The molecule has 3 rings (SSSR count). The number of rotatable bonds is 3. The van der Waals surface area contributed by atoms with E-state index in [0.717, 1.165) is 28.2 Å². The summed E-state index contributed by atoms with van der Waals surface area (Å²) in [6, 6.07) is 7.96. The van der Waals surface area contributed by atoms with E-state index >= 15 is 0 Å². The number of benzene rings is 1. The highest BCUT2D eigenvalue weighted by atomic mass is 32.1. The van der Waals surface area contributed by atoms with Crippen molar-refractivity contribution >= 4 is 22.9 Å². The summed E-state index contributed by atoms with van der Waals surface area (Å²) in [4.78, 5) is 17.8. The normalized spacial score (nSPS) is 10.9. The van der Waals surface area contributed by atoms with Crippen molar-refractivity contribution in [2.45, 2.75) is 34.6 Å². The van der Waals surface area contributed by atoms with Crippen LogP contribution in [0.5, 0.6) is 0 Å². The van der Waals surface area contributed by atoms with Gasteiger partial charge < -0.3 is 5.32 Å². The van der Waals surface area contributed by atoms with E-state index in [0.29, 0.717) is 15.7 Å². The second kappa shape index (κ2) is 6.20. The molecule has 124 valence electrons. The largest absolute Gasteiger partial charge is 0.321 e. The van der Waals surface area contributed by atoms with Crippen molar-refractivity contribution in [3.8, 4) is 5.13 Å². The Hall–Kier alpha value is -2.47. The van der Waals surface area contributed by atoms with Crippen LogP contribution in [0.4, 0.5) is 5.69 Å². The average molecular weight is 340 g/mol. The maximum atomic E-state index is 12.7. The van der Waals surface area contributed by atoms with Gasteiger partial charge in [-0.2, -0.15) is 5.10 Å². The van der Waals surface area contributed by atoms with E-state index in [-0.39, 0.29) is 5.91 Å². The highest BCUT2D eigenvalue weighted by Gasteiger charge is 2.19. The number of nitrogens with one attached hydrogen (secondary N) is 1. The summed E-state index contributed by atoms with van der Waals surface area (Å²) in [7, 11) is 0. The van der Waals surface area contributed by atoms with Crippen molar-refractivity contribution in [1.82, 2.24) is 14.8 Å². The van der Waals surface area contributed by atoms with Gasteiger partial charge in [0, 0.05) is 11.4 Å². The number of nitrogens with zero attached hydrogens (tertiary/aromatic N) is 3.